The first kappa shape index (κ1) is 22.0. The van der Waals surface area contributed by atoms with Crippen LogP contribution < -0.4 is 5.32 Å². The second-order valence-corrected chi connectivity index (χ2v) is 8.20. The maximum Gasteiger partial charge on any atom is 0.253 e. The molecule has 1 aromatic heterocycles. The van der Waals surface area contributed by atoms with Gasteiger partial charge in [0, 0.05) is 41.2 Å². The molecular weight excluding hydrogens is 418 g/mol. The lowest BCUT2D eigenvalue weighted by Gasteiger charge is -2.19. The number of carbonyl (C=O) groups is 2. The molecule has 7 heteroatoms. The minimum Gasteiger partial charge on any atom is -0.339 e. The summed E-state index contributed by atoms with van der Waals surface area (Å²) in [4.78, 5) is 31.3. The summed E-state index contributed by atoms with van der Waals surface area (Å²) in [7, 11) is 0. The van der Waals surface area contributed by atoms with Gasteiger partial charge >= 0.3 is 0 Å². The average molecular weight is 442 g/mol. The fourth-order valence-electron chi connectivity index (χ4n) is 3.13. The molecule has 5 nitrogen and oxygen atoms in total. The van der Waals surface area contributed by atoms with E-state index in [0.29, 0.717) is 35.8 Å². The van der Waals surface area contributed by atoms with Crippen molar-refractivity contribution in [3.05, 3.63) is 80.8 Å². The summed E-state index contributed by atoms with van der Waals surface area (Å²) in [6.45, 7) is 5.18. The fraction of sp³-hybridized carbons (Fsp3) is 0.261. The minimum absolute atomic E-state index is 0.0405. The Hall–Kier alpha value is -2.70. The minimum atomic E-state index is -0.165. The number of aromatic nitrogens is 1. The number of halogens is 1. The maximum atomic E-state index is 12.5. The molecule has 0 saturated heterocycles. The highest BCUT2D eigenvalue weighted by molar-refractivity contribution is 7.09. The van der Waals surface area contributed by atoms with E-state index in [2.05, 4.69) is 10.3 Å². The molecule has 3 rings (SSSR count). The normalized spacial score (nSPS) is 10.6. The first-order valence-electron chi connectivity index (χ1n) is 9.85. The summed E-state index contributed by atoms with van der Waals surface area (Å²) in [6, 6.07) is 14.7. The summed E-state index contributed by atoms with van der Waals surface area (Å²) in [5.74, 6) is -0.205. The number of nitrogens with one attached hydrogen (secondary N) is 1. The number of anilines is 1. The molecule has 30 heavy (non-hydrogen) atoms. The molecule has 0 aliphatic heterocycles. The highest BCUT2D eigenvalue weighted by Crippen LogP contribution is 2.19. The number of hydrogen-bond acceptors (Lipinski definition) is 4. The summed E-state index contributed by atoms with van der Waals surface area (Å²) in [6.07, 6.45) is 0.864. The number of carbonyl (C=O) groups excluding carboxylic acids is 2. The topological polar surface area (TPSA) is 62.3 Å². The monoisotopic (exact) mass is 441 g/mol. The van der Waals surface area contributed by atoms with Crippen LogP contribution >= 0.6 is 22.9 Å². The molecule has 0 unspecified atom stereocenters. The molecular formula is C23H24ClN3O2S. The van der Waals surface area contributed by atoms with Crippen LogP contribution in [0.3, 0.4) is 0 Å². The van der Waals surface area contributed by atoms with E-state index in [9.17, 15) is 9.59 Å². The Kier molecular flexibility index (Phi) is 7.60. The van der Waals surface area contributed by atoms with Gasteiger partial charge in [-0.05, 0) is 49.7 Å². The van der Waals surface area contributed by atoms with E-state index in [4.69, 9.17) is 11.6 Å². The standard InChI is InChI=1S/C23H24ClN3O2S/c1-3-27(4-2)23(29)17-8-6-10-19(13-17)25-21(28)14-20-15-30-22(26-20)12-16-7-5-9-18(24)11-16/h5-11,13,15H,3-4,12,14H2,1-2H3,(H,25,28). The zero-order valence-corrected chi connectivity index (χ0v) is 18.6. The largest absolute Gasteiger partial charge is 0.339 e. The van der Waals surface area contributed by atoms with Crippen molar-refractivity contribution in [1.29, 1.82) is 0 Å². The lowest BCUT2D eigenvalue weighted by atomic mass is 10.1. The highest BCUT2D eigenvalue weighted by atomic mass is 35.5. The van der Waals surface area contributed by atoms with Gasteiger partial charge in [-0.25, -0.2) is 4.98 Å². The van der Waals surface area contributed by atoms with Crippen LogP contribution in [-0.2, 0) is 17.6 Å². The van der Waals surface area contributed by atoms with Crippen molar-refractivity contribution >= 4 is 40.4 Å². The first-order chi connectivity index (χ1) is 14.5. The Bertz CT molecular complexity index is 1030. The average Bonchev–Trinajstić information content (AvgIpc) is 3.15. The van der Waals surface area contributed by atoms with Crippen molar-refractivity contribution in [2.24, 2.45) is 0 Å². The van der Waals surface area contributed by atoms with Gasteiger partial charge in [0.25, 0.3) is 5.91 Å². The highest BCUT2D eigenvalue weighted by Gasteiger charge is 2.14. The number of hydrogen-bond donors (Lipinski definition) is 1. The van der Waals surface area contributed by atoms with Crippen LogP contribution in [0.15, 0.2) is 53.9 Å². The van der Waals surface area contributed by atoms with Gasteiger partial charge in [0.1, 0.15) is 0 Å². The van der Waals surface area contributed by atoms with Gasteiger partial charge in [0.15, 0.2) is 0 Å². The summed E-state index contributed by atoms with van der Waals surface area (Å²) in [5, 5.41) is 6.40. The predicted octanol–water partition coefficient (Wildman–Crippen LogP) is 5.05. The van der Waals surface area contributed by atoms with Gasteiger partial charge in [0.2, 0.25) is 5.91 Å². The van der Waals surface area contributed by atoms with Crippen LogP contribution in [0, 0.1) is 0 Å². The third-order valence-electron chi connectivity index (χ3n) is 4.63. The lowest BCUT2D eigenvalue weighted by Crippen LogP contribution is -2.30. The Morgan fingerprint density at radius 3 is 2.60 bits per heavy atom. The molecule has 0 bridgehead atoms. The molecule has 0 aliphatic carbocycles. The number of amides is 2. The van der Waals surface area contributed by atoms with Crippen LogP contribution in [0.25, 0.3) is 0 Å². The predicted molar refractivity (Wildman–Crippen MR) is 122 cm³/mol. The first-order valence-corrected chi connectivity index (χ1v) is 11.1. The zero-order chi connectivity index (χ0) is 21.5. The Labute approximate surface area is 185 Å². The van der Waals surface area contributed by atoms with E-state index < -0.39 is 0 Å². The van der Waals surface area contributed by atoms with E-state index in [1.165, 1.54) is 11.3 Å². The number of nitrogens with zero attached hydrogens (tertiary/aromatic N) is 2. The van der Waals surface area contributed by atoms with Crippen molar-refractivity contribution in [1.82, 2.24) is 9.88 Å². The van der Waals surface area contributed by atoms with Gasteiger partial charge < -0.3 is 10.2 Å². The van der Waals surface area contributed by atoms with Gasteiger partial charge in [-0.15, -0.1) is 11.3 Å². The van der Waals surface area contributed by atoms with Crippen LogP contribution in [0.2, 0.25) is 5.02 Å². The van der Waals surface area contributed by atoms with Crippen molar-refractivity contribution < 1.29 is 9.59 Å². The van der Waals surface area contributed by atoms with Gasteiger partial charge in [-0.3, -0.25) is 9.59 Å². The Morgan fingerprint density at radius 2 is 1.87 bits per heavy atom. The van der Waals surface area contributed by atoms with Gasteiger partial charge in [-0.2, -0.15) is 0 Å². The van der Waals surface area contributed by atoms with Gasteiger partial charge in [0.05, 0.1) is 17.1 Å². The quantitative estimate of drug-likeness (QED) is 0.532. The molecule has 2 amide bonds. The van der Waals surface area contributed by atoms with Crippen LogP contribution in [0.4, 0.5) is 5.69 Å². The van der Waals surface area contributed by atoms with E-state index >= 15 is 0 Å². The fourth-order valence-corrected chi connectivity index (χ4v) is 4.17. The van der Waals surface area contributed by atoms with E-state index in [1.807, 2.05) is 43.5 Å². The summed E-state index contributed by atoms with van der Waals surface area (Å²) in [5.41, 5.74) is 2.98. The molecule has 0 fully saturated rings. The molecule has 1 N–H and O–H groups in total. The molecule has 0 aliphatic rings. The molecule has 0 saturated carbocycles. The second-order valence-electron chi connectivity index (χ2n) is 6.82. The van der Waals surface area contributed by atoms with Gasteiger partial charge in [-0.1, -0.05) is 29.8 Å². The van der Waals surface area contributed by atoms with E-state index in [1.54, 1.807) is 29.2 Å². The van der Waals surface area contributed by atoms with Crippen LogP contribution in [-0.4, -0.2) is 34.8 Å². The Balaban J connectivity index is 1.60. The molecule has 2 aromatic carbocycles. The molecule has 1 heterocycles. The summed E-state index contributed by atoms with van der Waals surface area (Å²) >= 11 is 7.56. The molecule has 156 valence electrons. The maximum absolute atomic E-state index is 12.5. The molecule has 0 radical (unpaired) electrons. The zero-order valence-electron chi connectivity index (χ0n) is 17.0. The Morgan fingerprint density at radius 1 is 1.10 bits per heavy atom. The van der Waals surface area contributed by atoms with Crippen molar-refractivity contribution in [3.63, 3.8) is 0 Å². The van der Waals surface area contributed by atoms with E-state index in [-0.39, 0.29) is 18.2 Å². The summed E-state index contributed by atoms with van der Waals surface area (Å²) < 4.78 is 0. The third kappa shape index (κ3) is 5.90. The number of benzene rings is 2. The second kappa shape index (κ2) is 10.4. The van der Waals surface area contributed by atoms with Crippen molar-refractivity contribution in [2.45, 2.75) is 26.7 Å². The lowest BCUT2D eigenvalue weighted by molar-refractivity contribution is -0.115. The SMILES string of the molecule is CCN(CC)C(=O)c1cccc(NC(=O)Cc2csc(Cc3cccc(Cl)c3)n2)c1. The molecule has 0 atom stereocenters. The molecule has 0 spiro atoms. The van der Waals surface area contributed by atoms with Crippen LogP contribution in [0.1, 0.15) is 40.5 Å². The van der Waals surface area contributed by atoms with Crippen molar-refractivity contribution in [3.8, 4) is 0 Å². The number of thiazole rings is 1. The molecule has 3 aromatic rings. The van der Waals surface area contributed by atoms with Crippen LogP contribution in [0.5, 0.6) is 0 Å². The van der Waals surface area contributed by atoms with Crippen molar-refractivity contribution in [2.75, 3.05) is 18.4 Å². The number of rotatable bonds is 8. The smallest absolute Gasteiger partial charge is 0.253 e. The van der Waals surface area contributed by atoms with E-state index in [0.717, 1.165) is 16.3 Å². The third-order valence-corrected chi connectivity index (χ3v) is 5.76.